The number of aryl methyl sites for hydroxylation is 2. The molecule has 0 unspecified atom stereocenters. The van der Waals surface area contributed by atoms with E-state index < -0.39 is 0 Å². The van der Waals surface area contributed by atoms with Gasteiger partial charge in [0.15, 0.2) is 0 Å². The van der Waals surface area contributed by atoms with Crippen LogP contribution in [0.4, 0.5) is 0 Å². The lowest BCUT2D eigenvalue weighted by atomic mass is 9.99. The standard InChI is InChI=1S/C26H26N2O3/c1-17(23-10-6-8-21-7-4-5-9-24(21)23)27-26(29)15-20-11-13-22(14-12-20)30-16-25-18(2)28-31-19(25)3/h4-14,17H,15-16H2,1-3H3,(H,27,29)/t17-/m1/s1. The van der Waals surface area contributed by atoms with E-state index in [0.29, 0.717) is 13.0 Å². The van der Waals surface area contributed by atoms with E-state index in [4.69, 9.17) is 9.26 Å². The molecule has 5 nitrogen and oxygen atoms in total. The SMILES string of the molecule is Cc1noc(C)c1COc1ccc(CC(=O)N[C@H](C)c2cccc3ccccc23)cc1. The van der Waals surface area contributed by atoms with Crippen molar-refractivity contribution >= 4 is 16.7 Å². The Balaban J connectivity index is 1.35. The highest BCUT2D eigenvalue weighted by Crippen LogP contribution is 2.24. The van der Waals surface area contributed by atoms with Gasteiger partial charge in [0.25, 0.3) is 0 Å². The number of aromatic nitrogens is 1. The van der Waals surface area contributed by atoms with Gasteiger partial charge in [-0.25, -0.2) is 0 Å². The Labute approximate surface area is 182 Å². The maximum Gasteiger partial charge on any atom is 0.224 e. The Kier molecular flexibility index (Phi) is 6.03. The number of nitrogens with one attached hydrogen (secondary N) is 1. The fourth-order valence-electron chi connectivity index (χ4n) is 3.75. The fraction of sp³-hybridized carbons (Fsp3) is 0.231. The molecule has 0 saturated carbocycles. The van der Waals surface area contributed by atoms with Gasteiger partial charge in [0.05, 0.1) is 23.7 Å². The maximum atomic E-state index is 12.6. The molecular formula is C26H26N2O3. The minimum Gasteiger partial charge on any atom is -0.489 e. The van der Waals surface area contributed by atoms with Gasteiger partial charge in [-0.2, -0.15) is 0 Å². The minimum absolute atomic E-state index is 0.00942. The number of carbonyl (C=O) groups excluding carboxylic acids is 1. The Morgan fingerprint density at radius 3 is 2.52 bits per heavy atom. The molecule has 158 valence electrons. The van der Waals surface area contributed by atoms with Crippen LogP contribution in [0.3, 0.4) is 0 Å². The van der Waals surface area contributed by atoms with Crippen molar-refractivity contribution in [3.05, 3.63) is 94.9 Å². The molecular weight excluding hydrogens is 388 g/mol. The summed E-state index contributed by atoms with van der Waals surface area (Å²) >= 11 is 0. The van der Waals surface area contributed by atoms with Crippen LogP contribution in [0.25, 0.3) is 10.8 Å². The first kappa shape index (κ1) is 20.7. The first-order valence-corrected chi connectivity index (χ1v) is 10.4. The van der Waals surface area contributed by atoms with Gasteiger partial charge in [-0.05, 0) is 54.8 Å². The van der Waals surface area contributed by atoms with E-state index in [-0.39, 0.29) is 11.9 Å². The molecule has 0 bridgehead atoms. The Morgan fingerprint density at radius 1 is 1.03 bits per heavy atom. The molecule has 3 aromatic carbocycles. The van der Waals surface area contributed by atoms with E-state index >= 15 is 0 Å². The second-order valence-electron chi connectivity index (χ2n) is 7.77. The summed E-state index contributed by atoms with van der Waals surface area (Å²) in [7, 11) is 0. The van der Waals surface area contributed by atoms with Crippen LogP contribution in [0.5, 0.6) is 5.75 Å². The molecule has 1 heterocycles. The summed E-state index contributed by atoms with van der Waals surface area (Å²) in [5, 5.41) is 9.40. The number of hydrogen-bond acceptors (Lipinski definition) is 4. The number of benzene rings is 3. The smallest absolute Gasteiger partial charge is 0.224 e. The highest BCUT2D eigenvalue weighted by Gasteiger charge is 2.13. The summed E-state index contributed by atoms with van der Waals surface area (Å²) in [4.78, 5) is 12.6. The summed E-state index contributed by atoms with van der Waals surface area (Å²) < 4.78 is 11.0. The summed E-state index contributed by atoms with van der Waals surface area (Å²) in [6.07, 6.45) is 0.319. The lowest BCUT2D eigenvalue weighted by Gasteiger charge is -2.17. The molecule has 0 radical (unpaired) electrons. The zero-order valence-corrected chi connectivity index (χ0v) is 18.0. The molecule has 0 aliphatic rings. The third-order valence-electron chi connectivity index (χ3n) is 5.52. The summed E-state index contributed by atoms with van der Waals surface area (Å²) in [6, 6.07) is 21.9. The number of ether oxygens (including phenoxy) is 1. The van der Waals surface area contributed by atoms with Crippen molar-refractivity contribution < 1.29 is 14.1 Å². The van der Waals surface area contributed by atoms with Crippen LogP contribution in [0.1, 0.15) is 41.1 Å². The van der Waals surface area contributed by atoms with E-state index in [1.807, 2.05) is 63.2 Å². The van der Waals surface area contributed by atoms with E-state index in [0.717, 1.165) is 39.3 Å². The molecule has 0 saturated heterocycles. The third-order valence-corrected chi connectivity index (χ3v) is 5.52. The first-order valence-electron chi connectivity index (χ1n) is 10.4. The van der Waals surface area contributed by atoms with E-state index in [9.17, 15) is 4.79 Å². The molecule has 0 aliphatic carbocycles. The molecule has 0 fully saturated rings. The van der Waals surface area contributed by atoms with Crippen LogP contribution in [-0.2, 0) is 17.8 Å². The molecule has 1 aromatic heterocycles. The van der Waals surface area contributed by atoms with E-state index in [1.165, 1.54) is 5.39 Å². The van der Waals surface area contributed by atoms with Gasteiger partial charge in [-0.1, -0.05) is 59.8 Å². The van der Waals surface area contributed by atoms with E-state index in [2.05, 4.69) is 34.7 Å². The minimum atomic E-state index is -0.0729. The van der Waals surface area contributed by atoms with Gasteiger partial charge in [0, 0.05) is 0 Å². The van der Waals surface area contributed by atoms with Crippen molar-refractivity contribution in [3.8, 4) is 5.75 Å². The van der Waals surface area contributed by atoms with Gasteiger partial charge >= 0.3 is 0 Å². The van der Waals surface area contributed by atoms with Crippen molar-refractivity contribution in [2.75, 3.05) is 0 Å². The lowest BCUT2D eigenvalue weighted by molar-refractivity contribution is -0.121. The fourth-order valence-corrected chi connectivity index (χ4v) is 3.75. The van der Waals surface area contributed by atoms with Crippen LogP contribution in [0.15, 0.2) is 71.3 Å². The molecule has 1 atom stereocenters. The Bertz CT molecular complexity index is 1170. The molecule has 4 aromatic rings. The average molecular weight is 415 g/mol. The van der Waals surface area contributed by atoms with Crippen molar-refractivity contribution in [1.82, 2.24) is 10.5 Å². The predicted octanol–water partition coefficient (Wildman–Crippen LogP) is 5.44. The molecule has 1 N–H and O–H groups in total. The largest absolute Gasteiger partial charge is 0.489 e. The number of fused-ring (bicyclic) bond motifs is 1. The number of carbonyl (C=O) groups is 1. The third kappa shape index (κ3) is 4.77. The zero-order valence-electron chi connectivity index (χ0n) is 18.0. The van der Waals surface area contributed by atoms with Crippen molar-refractivity contribution in [1.29, 1.82) is 0 Å². The van der Waals surface area contributed by atoms with E-state index in [1.54, 1.807) is 0 Å². The van der Waals surface area contributed by atoms with Crippen LogP contribution in [-0.4, -0.2) is 11.1 Å². The highest BCUT2D eigenvalue weighted by molar-refractivity contribution is 5.87. The monoisotopic (exact) mass is 414 g/mol. The van der Waals surface area contributed by atoms with Crippen LogP contribution < -0.4 is 10.1 Å². The predicted molar refractivity (Wildman–Crippen MR) is 121 cm³/mol. The van der Waals surface area contributed by atoms with Gasteiger partial charge in [-0.3, -0.25) is 4.79 Å². The Hall–Kier alpha value is -3.60. The quantitative estimate of drug-likeness (QED) is 0.437. The molecule has 4 rings (SSSR count). The van der Waals surface area contributed by atoms with Gasteiger partial charge in [0.1, 0.15) is 18.1 Å². The van der Waals surface area contributed by atoms with Crippen molar-refractivity contribution in [2.45, 2.75) is 39.8 Å². The molecule has 31 heavy (non-hydrogen) atoms. The number of nitrogens with zero attached hydrogens (tertiary/aromatic N) is 1. The van der Waals surface area contributed by atoms with Gasteiger partial charge < -0.3 is 14.6 Å². The number of amides is 1. The molecule has 1 amide bonds. The number of rotatable bonds is 7. The van der Waals surface area contributed by atoms with Crippen molar-refractivity contribution in [3.63, 3.8) is 0 Å². The molecule has 5 heteroatoms. The zero-order chi connectivity index (χ0) is 21.8. The van der Waals surface area contributed by atoms with Crippen molar-refractivity contribution in [2.24, 2.45) is 0 Å². The van der Waals surface area contributed by atoms with Crippen LogP contribution >= 0.6 is 0 Å². The molecule has 0 aliphatic heterocycles. The van der Waals surface area contributed by atoms with Crippen LogP contribution in [0.2, 0.25) is 0 Å². The highest BCUT2D eigenvalue weighted by atomic mass is 16.5. The normalized spacial score (nSPS) is 12.0. The van der Waals surface area contributed by atoms with Gasteiger partial charge in [-0.15, -0.1) is 0 Å². The molecule has 0 spiro atoms. The van der Waals surface area contributed by atoms with Crippen LogP contribution in [0, 0.1) is 13.8 Å². The first-order chi connectivity index (χ1) is 15.0. The summed E-state index contributed by atoms with van der Waals surface area (Å²) in [6.45, 7) is 6.20. The van der Waals surface area contributed by atoms with Gasteiger partial charge in [0.2, 0.25) is 5.91 Å². The second-order valence-corrected chi connectivity index (χ2v) is 7.77. The lowest BCUT2D eigenvalue weighted by Crippen LogP contribution is -2.28. The average Bonchev–Trinajstić information content (AvgIpc) is 3.10. The topological polar surface area (TPSA) is 64.4 Å². The summed E-state index contributed by atoms with van der Waals surface area (Å²) in [5.74, 6) is 1.50. The number of hydrogen-bond donors (Lipinski definition) is 1. The Morgan fingerprint density at radius 2 is 1.77 bits per heavy atom. The maximum absolute atomic E-state index is 12.6. The second kappa shape index (κ2) is 9.04. The summed E-state index contributed by atoms with van der Waals surface area (Å²) in [5.41, 5.74) is 3.86.